The summed E-state index contributed by atoms with van der Waals surface area (Å²) in [6.45, 7) is 0.633. The smallest absolute Gasteiger partial charge is 0.407 e. The molecule has 5 rings (SSSR count). The Morgan fingerprint density at radius 2 is 1.83 bits per heavy atom. The summed E-state index contributed by atoms with van der Waals surface area (Å²) in [5.41, 5.74) is 4.02. The number of carbonyl (C=O) groups is 4. The van der Waals surface area contributed by atoms with Crippen LogP contribution in [0.1, 0.15) is 70.6 Å². The first-order chi connectivity index (χ1) is 17.4. The molecule has 9 nitrogen and oxygen atoms in total. The Labute approximate surface area is 208 Å². The highest BCUT2D eigenvalue weighted by Gasteiger charge is 2.39. The van der Waals surface area contributed by atoms with Gasteiger partial charge in [-0.25, -0.2) is 4.79 Å². The van der Waals surface area contributed by atoms with Gasteiger partial charge in [0.05, 0.1) is 6.10 Å². The fourth-order valence-electron chi connectivity index (χ4n) is 5.28. The van der Waals surface area contributed by atoms with E-state index in [1.165, 1.54) is 4.90 Å². The lowest BCUT2D eigenvalue weighted by Crippen LogP contribution is -2.52. The highest BCUT2D eigenvalue weighted by atomic mass is 16.5. The lowest BCUT2D eigenvalue weighted by molar-refractivity contribution is -0.136. The van der Waals surface area contributed by atoms with Gasteiger partial charge in [0.25, 0.3) is 5.91 Å². The standard InChI is InChI=1S/C27H29N3O6/c31-23-3-1-2-20(23)18-7-4-16(5-8-18)15-36-27(35)28-13-17-6-9-19-14-30(26(34)21(19)12-17)22-10-11-24(32)29-25(22)33/h4-9,12,20,22-23,31H,1-3,10-11,13-15H2,(H,28,35)(H,29,32,33)/t20-,22?,23+/m1/s1. The Kier molecular flexibility index (Phi) is 6.73. The maximum absolute atomic E-state index is 12.9. The van der Waals surface area contributed by atoms with Gasteiger partial charge in [-0.05, 0) is 47.6 Å². The molecule has 2 aromatic carbocycles. The molecule has 0 spiro atoms. The van der Waals surface area contributed by atoms with E-state index in [9.17, 15) is 24.3 Å². The van der Waals surface area contributed by atoms with E-state index in [1.54, 1.807) is 6.07 Å². The molecule has 2 heterocycles. The average molecular weight is 492 g/mol. The van der Waals surface area contributed by atoms with E-state index in [0.717, 1.165) is 41.5 Å². The molecule has 3 atom stereocenters. The van der Waals surface area contributed by atoms with Gasteiger partial charge in [0.2, 0.25) is 11.8 Å². The van der Waals surface area contributed by atoms with Crippen LogP contribution in [0.2, 0.25) is 0 Å². The van der Waals surface area contributed by atoms with E-state index in [0.29, 0.717) is 18.5 Å². The number of piperidine rings is 1. The molecule has 9 heteroatoms. The molecule has 0 radical (unpaired) electrons. The Bertz CT molecular complexity index is 1190. The molecule has 3 aliphatic rings. The molecule has 1 aliphatic carbocycles. The highest BCUT2D eigenvalue weighted by molar-refractivity contribution is 6.05. The van der Waals surface area contributed by atoms with Gasteiger partial charge in [-0.1, -0.05) is 42.8 Å². The van der Waals surface area contributed by atoms with Crippen molar-refractivity contribution in [2.24, 2.45) is 0 Å². The van der Waals surface area contributed by atoms with E-state index >= 15 is 0 Å². The Hall–Kier alpha value is -3.72. The summed E-state index contributed by atoms with van der Waals surface area (Å²) in [4.78, 5) is 50.3. The van der Waals surface area contributed by atoms with Crippen molar-refractivity contribution in [1.82, 2.24) is 15.5 Å². The zero-order chi connectivity index (χ0) is 25.2. The average Bonchev–Trinajstić information content (AvgIpc) is 3.44. The topological polar surface area (TPSA) is 125 Å². The van der Waals surface area contributed by atoms with Crippen molar-refractivity contribution in [3.63, 3.8) is 0 Å². The predicted molar refractivity (Wildman–Crippen MR) is 129 cm³/mol. The van der Waals surface area contributed by atoms with Crippen LogP contribution >= 0.6 is 0 Å². The zero-order valence-electron chi connectivity index (χ0n) is 19.9. The third-order valence-electron chi connectivity index (χ3n) is 7.29. The number of alkyl carbamates (subject to hydrolysis) is 1. The number of amides is 4. The third kappa shape index (κ3) is 4.97. The first-order valence-corrected chi connectivity index (χ1v) is 12.3. The van der Waals surface area contributed by atoms with E-state index in [4.69, 9.17) is 4.74 Å². The molecule has 1 unspecified atom stereocenters. The predicted octanol–water partition coefficient (Wildman–Crippen LogP) is 2.50. The van der Waals surface area contributed by atoms with Crippen LogP contribution in [0.15, 0.2) is 42.5 Å². The van der Waals surface area contributed by atoms with Crippen LogP contribution in [-0.2, 0) is 34.0 Å². The van der Waals surface area contributed by atoms with Gasteiger partial charge in [0.15, 0.2) is 0 Å². The number of aliphatic hydroxyl groups excluding tert-OH is 1. The lowest BCUT2D eigenvalue weighted by atomic mass is 9.95. The normalized spacial score (nSPS) is 23.4. The fraction of sp³-hybridized carbons (Fsp3) is 0.407. The van der Waals surface area contributed by atoms with Crippen LogP contribution in [0.4, 0.5) is 4.79 Å². The fourth-order valence-corrected chi connectivity index (χ4v) is 5.28. The Morgan fingerprint density at radius 1 is 1.06 bits per heavy atom. The number of rotatable bonds is 6. The molecule has 36 heavy (non-hydrogen) atoms. The largest absolute Gasteiger partial charge is 0.445 e. The summed E-state index contributed by atoms with van der Waals surface area (Å²) in [6.07, 6.45) is 2.54. The van der Waals surface area contributed by atoms with Crippen molar-refractivity contribution in [2.45, 2.75) is 69.9 Å². The first-order valence-electron chi connectivity index (χ1n) is 12.3. The molecular weight excluding hydrogens is 462 g/mol. The van der Waals surface area contributed by atoms with Gasteiger partial charge < -0.3 is 20.1 Å². The SMILES string of the molecule is O=C1CCC(N2Cc3ccc(CNC(=O)OCc4ccc([C@H]5CCC[C@@H]5O)cc4)cc3C2=O)C(=O)N1. The molecule has 188 valence electrons. The van der Waals surface area contributed by atoms with Crippen molar-refractivity contribution in [3.05, 3.63) is 70.3 Å². The van der Waals surface area contributed by atoms with Gasteiger partial charge in [-0.2, -0.15) is 0 Å². The molecule has 1 saturated heterocycles. The minimum absolute atomic E-state index is 0.128. The molecule has 0 bridgehead atoms. The van der Waals surface area contributed by atoms with Gasteiger partial charge >= 0.3 is 6.09 Å². The van der Waals surface area contributed by atoms with E-state index in [-0.39, 0.29) is 43.4 Å². The summed E-state index contributed by atoms with van der Waals surface area (Å²) >= 11 is 0. The molecule has 4 amide bonds. The number of nitrogens with one attached hydrogen (secondary N) is 2. The second-order valence-corrected chi connectivity index (χ2v) is 9.67. The minimum Gasteiger partial charge on any atom is -0.445 e. The van der Waals surface area contributed by atoms with Crippen LogP contribution in [0, 0.1) is 0 Å². The summed E-state index contributed by atoms with van der Waals surface area (Å²) in [5, 5.41) is 15.1. The maximum Gasteiger partial charge on any atom is 0.407 e. The number of hydrogen-bond acceptors (Lipinski definition) is 6. The highest BCUT2D eigenvalue weighted by Crippen LogP contribution is 2.34. The van der Waals surface area contributed by atoms with E-state index < -0.39 is 18.0 Å². The summed E-state index contributed by atoms with van der Waals surface area (Å²) in [7, 11) is 0. The van der Waals surface area contributed by atoms with Gasteiger partial charge in [-0.3, -0.25) is 19.7 Å². The Morgan fingerprint density at radius 3 is 2.56 bits per heavy atom. The molecule has 2 aromatic rings. The van der Waals surface area contributed by atoms with Gasteiger partial charge in [0, 0.05) is 31.0 Å². The van der Waals surface area contributed by atoms with Crippen LogP contribution in [0.5, 0.6) is 0 Å². The van der Waals surface area contributed by atoms with Crippen LogP contribution in [0.25, 0.3) is 0 Å². The molecule has 2 aliphatic heterocycles. The van der Waals surface area contributed by atoms with Crippen LogP contribution in [-0.4, -0.2) is 46.0 Å². The number of hydrogen-bond donors (Lipinski definition) is 3. The molecule has 2 fully saturated rings. The lowest BCUT2D eigenvalue weighted by Gasteiger charge is -2.29. The number of imide groups is 1. The number of nitrogens with zero attached hydrogens (tertiary/aromatic N) is 1. The van der Waals surface area contributed by atoms with Gasteiger partial charge in [-0.15, -0.1) is 0 Å². The molecule has 1 saturated carbocycles. The first kappa shape index (κ1) is 24.0. The van der Waals surface area contributed by atoms with E-state index in [2.05, 4.69) is 10.6 Å². The molecule has 3 N–H and O–H groups in total. The van der Waals surface area contributed by atoms with Crippen molar-refractivity contribution in [3.8, 4) is 0 Å². The third-order valence-corrected chi connectivity index (χ3v) is 7.29. The number of fused-ring (bicyclic) bond motifs is 1. The Balaban J connectivity index is 1.12. The van der Waals surface area contributed by atoms with Crippen LogP contribution in [0.3, 0.4) is 0 Å². The summed E-state index contributed by atoms with van der Waals surface area (Å²) in [6, 6.07) is 12.5. The van der Waals surface area contributed by atoms with Crippen molar-refractivity contribution < 1.29 is 29.0 Å². The number of benzene rings is 2. The second kappa shape index (κ2) is 10.1. The zero-order valence-corrected chi connectivity index (χ0v) is 19.9. The number of carbonyl (C=O) groups excluding carboxylic acids is 4. The van der Waals surface area contributed by atoms with Crippen molar-refractivity contribution >= 4 is 23.8 Å². The van der Waals surface area contributed by atoms with Gasteiger partial charge in [0.1, 0.15) is 12.6 Å². The van der Waals surface area contributed by atoms with Crippen molar-refractivity contribution in [1.29, 1.82) is 0 Å². The van der Waals surface area contributed by atoms with E-state index in [1.807, 2.05) is 36.4 Å². The number of aliphatic hydroxyl groups is 1. The quantitative estimate of drug-likeness (QED) is 0.534. The van der Waals surface area contributed by atoms with Crippen LogP contribution < -0.4 is 10.6 Å². The summed E-state index contributed by atoms with van der Waals surface area (Å²) in [5.74, 6) is -0.833. The monoisotopic (exact) mass is 491 g/mol. The van der Waals surface area contributed by atoms with Crippen molar-refractivity contribution in [2.75, 3.05) is 0 Å². The minimum atomic E-state index is -0.656. The number of ether oxygens (including phenoxy) is 1. The summed E-state index contributed by atoms with van der Waals surface area (Å²) < 4.78 is 5.32. The molecular formula is C27H29N3O6. The second-order valence-electron chi connectivity index (χ2n) is 9.67. The molecule has 0 aromatic heterocycles. The maximum atomic E-state index is 12.9.